The second-order valence-electron chi connectivity index (χ2n) is 6.22. The third kappa shape index (κ3) is 3.03. The van der Waals surface area contributed by atoms with Crippen molar-refractivity contribution in [2.45, 2.75) is 51.9 Å². The van der Waals surface area contributed by atoms with Crippen molar-refractivity contribution in [2.75, 3.05) is 26.8 Å². The van der Waals surface area contributed by atoms with Crippen LogP contribution in [0.1, 0.15) is 51.9 Å². The van der Waals surface area contributed by atoms with Crippen molar-refractivity contribution in [3.63, 3.8) is 0 Å². The second-order valence-corrected chi connectivity index (χ2v) is 6.22. The van der Waals surface area contributed by atoms with E-state index >= 15 is 0 Å². The van der Waals surface area contributed by atoms with Crippen molar-refractivity contribution in [2.24, 2.45) is 17.3 Å². The van der Waals surface area contributed by atoms with Crippen LogP contribution in [-0.2, 0) is 4.74 Å². The van der Waals surface area contributed by atoms with E-state index in [2.05, 4.69) is 12.2 Å². The fourth-order valence-corrected chi connectivity index (χ4v) is 4.21. The van der Waals surface area contributed by atoms with E-state index in [-0.39, 0.29) is 0 Å². The van der Waals surface area contributed by atoms with Crippen LogP contribution in [0.5, 0.6) is 0 Å². The third-order valence-electron chi connectivity index (χ3n) is 5.09. The maximum absolute atomic E-state index is 5.12. The molecule has 0 saturated heterocycles. The monoisotopic (exact) mass is 239 g/mol. The number of methoxy groups -OCH3 is 1. The largest absolute Gasteiger partial charge is 0.383 e. The molecule has 0 aromatic rings. The average molecular weight is 239 g/mol. The smallest absolute Gasteiger partial charge is 0.0587 e. The zero-order valence-corrected chi connectivity index (χ0v) is 11.6. The predicted octanol–water partition coefficient (Wildman–Crippen LogP) is 3.22. The molecule has 0 aliphatic heterocycles. The Morgan fingerprint density at radius 1 is 1.35 bits per heavy atom. The van der Waals surface area contributed by atoms with Crippen LogP contribution in [0.25, 0.3) is 0 Å². The van der Waals surface area contributed by atoms with E-state index < -0.39 is 0 Å². The Kier molecular flexibility index (Phi) is 4.87. The van der Waals surface area contributed by atoms with Crippen LogP contribution in [0.3, 0.4) is 0 Å². The van der Waals surface area contributed by atoms with Crippen LogP contribution in [0, 0.1) is 17.3 Å². The van der Waals surface area contributed by atoms with Gasteiger partial charge in [-0.15, -0.1) is 0 Å². The molecule has 0 heterocycles. The molecule has 3 atom stereocenters. The minimum absolute atomic E-state index is 0.646. The zero-order valence-electron chi connectivity index (χ0n) is 11.6. The molecule has 2 fully saturated rings. The quantitative estimate of drug-likeness (QED) is 0.657. The lowest BCUT2D eigenvalue weighted by molar-refractivity contribution is 0.131. The van der Waals surface area contributed by atoms with Gasteiger partial charge in [-0.25, -0.2) is 0 Å². The second kappa shape index (κ2) is 6.19. The number of ether oxygens (including phenoxy) is 1. The number of hydrogen-bond acceptors (Lipinski definition) is 2. The van der Waals surface area contributed by atoms with Gasteiger partial charge in [0.2, 0.25) is 0 Å². The van der Waals surface area contributed by atoms with Crippen LogP contribution >= 0.6 is 0 Å². The Hall–Kier alpha value is -0.0800. The highest BCUT2D eigenvalue weighted by atomic mass is 16.5. The first kappa shape index (κ1) is 13.4. The van der Waals surface area contributed by atoms with Crippen molar-refractivity contribution in [3.8, 4) is 0 Å². The number of hydrogen-bond donors (Lipinski definition) is 1. The Bertz CT molecular complexity index is 231. The van der Waals surface area contributed by atoms with Gasteiger partial charge in [0.1, 0.15) is 0 Å². The van der Waals surface area contributed by atoms with E-state index in [1.54, 1.807) is 7.11 Å². The molecule has 3 unspecified atom stereocenters. The van der Waals surface area contributed by atoms with E-state index in [4.69, 9.17) is 4.74 Å². The van der Waals surface area contributed by atoms with Crippen LogP contribution in [0.2, 0.25) is 0 Å². The molecule has 2 heteroatoms. The van der Waals surface area contributed by atoms with Crippen molar-refractivity contribution >= 4 is 0 Å². The molecule has 0 aromatic carbocycles. The summed E-state index contributed by atoms with van der Waals surface area (Å²) in [4.78, 5) is 0. The summed E-state index contributed by atoms with van der Waals surface area (Å²) in [5, 5.41) is 3.64. The summed E-state index contributed by atoms with van der Waals surface area (Å²) in [7, 11) is 1.78. The molecular formula is C15H29NO. The zero-order chi connectivity index (χ0) is 12.1. The molecule has 2 bridgehead atoms. The Balaban J connectivity index is 1.84. The lowest BCUT2D eigenvalue weighted by Crippen LogP contribution is -2.39. The Morgan fingerprint density at radius 3 is 2.82 bits per heavy atom. The minimum atomic E-state index is 0.646. The van der Waals surface area contributed by atoms with Gasteiger partial charge in [-0.3, -0.25) is 0 Å². The number of rotatable bonds is 8. The Labute approximate surface area is 107 Å². The van der Waals surface area contributed by atoms with Crippen molar-refractivity contribution in [1.29, 1.82) is 0 Å². The molecule has 2 saturated carbocycles. The molecule has 2 rings (SSSR count). The summed E-state index contributed by atoms with van der Waals surface area (Å²) >= 11 is 0. The van der Waals surface area contributed by atoms with Crippen LogP contribution in [-0.4, -0.2) is 26.8 Å². The molecule has 2 aliphatic carbocycles. The summed E-state index contributed by atoms with van der Waals surface area (Å²) in [6.07, 6.45) is 10.2. The van der Waals surface area contributed by atoms with E-state index in [0.717, 1.165) is 25.0 Å². The average Bonchev–Trinajstić information content (AvgIpc) is 2.93. The van der Waals surface area contributed by atoms with Gasteiger partial charge < -0.3 is 10.1 Å². The fourth-order valence-electron chi connectivity index (χ4n) is 4.21. The van der Waals surface area contributed by atoms with Gasteiger partial charge in [0.25, 0.3) is 0 Å². The fraction of sp³-hybridized carbons (Fsp3) is 1.00. The summed E-state index contributed by atoms with van der Waals surface area (Å²) in [6.45, 7) is 5.41. The van der Waals surface area contributed by atoms with E-state index in [1.807, 2.05) is 0 Å². The summed E-state index contributed by atoms with van der Waals surface area (Å²) in [5.41, 5.74) is 0.646. The van der Waals surface area contributed by atoms with Gasteiger partial charge in [-0.2, -0.15) is 0 Å². The van der Waals surface area contributed by atoms with E-state index in [9.17, 15) is 0 Å². The first-order valence-electron chi connectivity index (χ1n) is 7.50. The first-order valence-corrected chi connectivity index (χ1v) is 7.50. The van der Waals surface area contributed by atoms with Crippen LogP contribution in [0.4, 0.5) is 0 Å². The molecule has 0 amide bonds. The van der Waals surface area contributed by atoms with Crippen LogP contribution in [0.15, 0.2) is 0 Å². The molecule has 2 nitrogen and oxygen atoms in total. The van der Waals surface area contributed by atoms with Crippen molar-refractivity contribution < 1.29 is 4.74 Å². The normalized spacial score (nSPS) is 35.6. The summed E-state index contributed by atoms with van der Waals surface area (Å²) in [6, 6.07) is 0. The molecule has 0 spiro atoms. The van der Waals surface area contributed by atoms with E-state index in [1.165, 1.54) is 51.5 Å². The molecule has 100 valence electrons. The van der Waals surface area contributed by atoms with Crippen molar-refractivity contribution in [3.05, 3.63) is 0 Å². The minimum Gasteiger partial charge on any atom is -0.383 e. The van der Waals surface area contributed by atoms with Crippen LogP contribution < -0.4 is 5.32 Å². The molecule has 17 heavy (non-hydrogen) atoms. The summed E-state index contributed by atoms with van der Waals surface area (Å²) < 4.78 is 5.12. The number of nitrogens with one attached hydrogen (secondary N) is 1. The molecule has 0 radical (unpaired) electrons. The maximum atomic E-state index is 5.12. The highest BCUT2D eigenvalue weighted by Gasteiger charge is 2.49. The third-order valence-corrected chi connectivity index (χ3v) is 5.09. The van der Waals surface area contributed by atoms with Gasteiger partial charge >= 0.3 is 0 Å². The summed E-state index contributed by atoms with van der Waals surface area (Å²) in [5.74, 6) is 2.08. The standard InChI is InChI=1S/C15H29NO/c1-3-4-7-15(12-16-8-9-17-2)11-13-5-6-14(15)10-13/h13-14,16H,3-12H2,1-2H3. The van der Waals surface area contributed by atoms with Gasteiger partial charge in [0, 0.05) is 20.2 Å². The van der Waals surface area contributed by atoms with Crippen molar-refractivity contribution in [1.82, 2.24) is 5.32 Å². The number of unbranched alkanes of at least 4 members (excludes halogenated alkanes) is 1. The van der Waals surface area contributed by atoms with Gasteiger partial charge in [0.15, 0.2) is 0 Å². The maximum Gasteiger partial charge on any atom is 0.0587 e. The molecule has 1 N–H and O–H groups in total. The van der Waals surface area contributed by atoms with Gasteiger partial charge in [0.05, 0.1) is 6.61 Å². The Morgan fingerprint density at radius 2 is 2.24 bits per heavy atom. The predicted molar refractivity (Wildman–Crippen MR) is 72.2 cm³/mol. The molecular weight excluding hydrogens is 210 g/mol. The van der Waals surface area contributed by atoms with Gasteiger partial charge in [-0.05, 0) is 42.9 Å². The lowest BCUT2D eigenvalue weighted by Gasteiger charge is -2.38. The van der Waals surface area contributed by atoms with E-state index in [0.29, 0.717) is 5.41 Å². The topological polar surface area (TPSA) is 21.3 Å². The molecule has 0 aromatic heterocycles. The number of fused-ring (bicyclic) bond motifs is 2. The lowest BCUT2D eigenvalue weighted by atomic mass is 9.70. The first-order chi connectivity index (χ1) is 8.30. The highest BCUT2D eigenvalue weighted by Crippen LogP contribution is 2.57. The SMILES string of the molecule is CCCCC1(CNCCOC)CC2CCC1C2. The van der Waals surface area contributed by atoms with Gasteiger partial charge in [-0.1, -0.05) is 26.2 Å². The highest BCUT2D eigenvalue weighted by molar-refractivity contribution is 5.01. The molecule has 2 aliphatic rings.